The van der Waals surface area contributed by atoms with Crippen LogP contribution in [-0.2, 0) is 27.2 Å². The van der Waals surface area contributed by atoms with E-state index in [1.54, 1.807) is 18.0 Å². The van der Waals surface area contributed by atoms with Gasteiger partial charge in [-0.15, -0.1) is 11.3 Å². The largest absolute Gasteiger partial charge is 0.469 e. The Balaban J connectivity index is 1.92. The van der Waals surface area contributed by atoms with Crippen LogP contribution in [0.4, 0.5) is 10.8 Å². The Hall–Kier alpha value is -1.93. The summed E-state index contributed by atoms with van der Waals surface area (Å²) in [5, 5.41) is 9.88. The SMILES string of the molecule is COCCn1cc(Nc2nc(CC(=O)OC)cs2)cn1. The molecule has 0 amide bonds. The van der Waals surface area contributed by atoms with Crippen LogP contribution in [0.1, 0.15) is 5.69 Å². The van der Waals surface area contributed by atoms with Crippen molar-refractivity contribution in [3.8, 4) is 0 Å². The fourth-order valence-electron chi connectivity index (χ4n) is 1.52. The van der Waals surface area contributed by atoms with E-state index in [-0.39, 0.29) is 12.4 Å². The second-order valence-electron chi connectivity index (χ2n) is 4.01. The fourth-order valence-corrected chi connectivity index (χ4v) is 2.25. The van der Waals surface area contributed by atoms with Crippen LogP contribution < -0.4 is 5.32 Å². The highest BCUT2D eigenvalue weighted by Crippen LogP contribution is 2.20. The van der Waals surface area contributed by atoms with Gasteiger partial charge in [0.25, 0.3) is 0 Å². The first-order valence-corrected chi connectivity index (χ1v) is 6.89. The lowest BCUT2D eigenvalue weighted by Gasteiger charge is -1.99. The van der Waals surface area contributed by atoms with Crippen LogP contribution in [0, 0.1) is 0 Å². The molecule has 1 N–H and O–H groups in total. The van der Waals surface area contributed by atoms with Crippen molar-refractivity contribution in [2.75, 3.05) is 26.1 Å². The number of rotatable bonds is 7. The highest BCUT2D eigenvalue weighted by Gasteiger charge is 2.08. The monoisotopic (exact) mass is 296 g/mol. The first-order valence-electron chi connectivity index (χ1n) is 6.01. The summed E-state index contributed by atoms with van der Waals surface area (Å²) in [4.78, 5) is 15.5. The number of nitrogens with one attached hydrogen (secondary N) is 1. The summed E-state index contributed by atoms with van der Waals surface area (Å²) >= 11 is 1.43. The molecule has 0 unspecified atom stereocenters. The van der Waals surface area contributed by atoms with E-state index in [0.717, 1.165) is 10.8 Å². The number of aromatic nitrogens is 3. The standard InChI is InChI=1S/C12H16N4O3S/c1-18-4-3-16-7-10(6-13-16)15-12-14-9(8-20-12)5-11(17)19-2/h6-8H,3-5H2,1-2H3,(H,14,15). The summed E-state index contributed by atoms with van der Waals surface area (Å²) in [6.45, 7) is 1.31. The third-order valence-corrected chi connectivity index (χ3v) is 3.32. The van der Waals surface area contributed by atoms with Crippen molar-refractivity contribution in [1.29, 1.82) is 0 Å². The van der Waals surface area contributed by atoms with Crippen LogP contribution in [0.2, 0.25) is 0 Å². The zero-order chi connectivity index (χ0) is 14.4. The van der Waals surface area contributed by atoms with Crippen molar-refractivity contribution in [2.24, 2.45) is 0 Å². The van der Waals surface area contributed by atoms with Crippen LogP contribution in [-0.4, -0.2) is 41.6 Å². The fraction of sp³-hybridized carbons (Fsp3) is 0.417. The van der Waals surface area contributed by atoms with Gasteiger partial charge in [0.05, 0.1) is 44.3 Å². The first-order chi connectivity index (χ1) is 9.71. The van der Waals surface area contributed by atoms with Crippen LogP contribution in [0.3, 0.4) is 0 Å². The van der Waals surface area contributed by atoms with Crippen LogP contribution in [0.5, 0.6) is 0 Å². The molecule has 0 fully saturated rings. The molecular formula is C12H16N4O3S. The maximum atomic E-state index is 11.1. The maximum Gasteiger partial charge on any atom is 0.311 e. The molecule has 0 saturated heterocycles. The van der Waals surface area contributed by atoms with E-state index in [2.05, 4.69) is 20.1 Å². The Morgan fingerprint density at radius 2 is 2.35 bits per heavy atom. The number of anilines is 2. The Kier molecular flexibility index (Phi) is 5.08. The molecule has 108 valence electrons. The Morgan fingerprint density at radius 3 is 3.10 bits per heavy atom. The lowest BCUT2D eigenvalue weighted by atomic mass is 10.3. The van der Waals surface area contributed by atoms with Gasteiger partial charge in [-0.05, 0) is 0 Å². The second-order valence-corrected chi connectivity index (χ2v) is 4.86. The minimum atomic E-state index is -0.297. The van der Waals surface area contributed by atoms with Crippen molar-refractivity contribution in [3.05, 3.63) is 23.5 Å². The quantitative estimate of drug-likeness (QED) is 0.779. The molecule has 0 aromatic carbocycles. The lowest BCUT2D eigenvalue weighted by Crippen LogP contribution is -2.04. The number of hydrogen-bond donors (Lipinski definition) is 1. The summed E-state index contributed by atoms with van der Waals surface area (Å²) in [6, 6.07) is 0. The maximum absolute atomic E-state index is 11.1. The predicted octanol–water partition coefficient (Wildman–Crippen LogP) is 1.45. The van der Waals surface area contributed by atoms with E-state index >= 15 is 0 Å². The molecule has 2 rings (SSSR count). The predicted molar refractivity (Wildman–Crippen MR) is 75.2 cm³/mol. The molecule has 0 aliphatic rings. The minimum absolute atomic E-state index is 0.182. The van der Waals surface area contributed by atoms with Crippen LogP contribution >= 0.6 is 11.3 Å². The number of esters is 1. The number of methoxy groups -OCH3 is 2. The van der Waals surface area contributed by atoms with Crippen LogP contribution in [0.15, 0.2) is 17.8 Å². The molecule has 20 heavy (non-hydrogen) atoms. The third-order valence-electron chi connectivity index (χ3n) is 2.51. The molecule has 0 aliphatic carbocycles. The van der Waals surface area contributed by atoms with Crippen LogP contribution in [0.25, 0.3) is 0 Å². The smallest absolute Gasteiger partial charge is 0.311 e. The number of ether oxygens (including phenoxy) is 2. The molecule has 0 saturated carbocycles. The van der Waals surface area contributed by atoms with Gasteiger partial charge in [-0.25, -0.2) is 4.98 Å². The van der Waals surface area contributed by atoms with Crippen molar-refractivity contribution < 1.29 is 14.3 Å². The zero-order valence-electron chi connectivity index (χ0n) is 11.3. The van der Waals surface area contributed by atoms with Gasteiger partial charge in [0, 0.05) is 18.7 Å². The molecule has 8 heteroatoms. The Bertz CT molecular complexity index is 567. The lowest BCUT2D eigenvalue weighted by molar-refractivity contribution is -0.139. The highest BCUT2D eigenvalue weighted by atomic mass is 32.1. The van der Waals surface area contributed by atoms with Gasteiger partial charge in [0.15, 0.2) is 5.13 Å². The molecule has 0 spiro atoms. The molecule has 0 radical (unpaired) electrons. The number of nitrogens with zero attached hydrogens (tertiary/aromatic N) is 3. The molecule has 2 aromatic heterocycles. The summed E-state index contributed by atoms with van der Waals surface area (Å²) in [6.07, 6.45) is 3.78. The van der Waals surface area contributed by atoms with E-state index in [4.69, 9.17) is 4.74 Å². The third kappa shape index (κ3) is 4.04. The van der Waals surface area contributed by atoms with Gasteiger partial charge in [-0.3, -0.25) is 9.48 Å². The molecule has 0 atom stereocenters. The van der Waals surface area contributed by atoms with E-state index < -0.39 is 0 Å². The summed E-state index contributed by atoms with van der Waals surface area (Å²) in [7, 11) is 3.02. The molecule has 2 aromatic rings. The molecular weight excluding hydrogens is 280 g/mol. The Morgan fingerprint density at radius 1 is 1.50 bits per heavy atom. The van der Waals surface area contributed by atoms with Crippen molar-refractivity contribution in [1.82, 2.24) is 14.8 Å². The van der Waals surface area contributed by atoms with Crippen molar-refractivity contribution in [3.63, 3.8) is 0 Å². The molecule has 0 bridgehead atoms. The zero-order valence-corrected chi connectivity index (χ0v) is 12.1. The van der Waals surface area contributed by atoms with E-state index in [1.807, 2.05) is 11.6 Å². The number of carbonyl (C=O) groups is 1. The van der Waals surface area contributed by atoms with E-state index in [9.17, 15) is 4.79 Å². The molecule has 0 aliphatic heterocycles. The molecule has 7 nitrogen and oxygen atoms in total. The van der Waals surface area contributed by atoms with Gasteiger partial charge in [0.1, 0.15) is 0 Å². The van der Waals surface area contributed by atoms with Gasteiger partial charge >= 0.3 is 5.97 Å². The number of carbonyl (C=O) groups excluding carboxylic acids is 1. The summed E-state index contributed by atoms with van der Waals surface area (Å²) < 4.78 is 11.4. The minimum Gasteiger partial charge on any atom is -0.469 e. The average Bonchev–Trinajstić information content (AvgIpc) is 3.06. The normalized spacial score (nSPS) is 10.5. The van der Waals surface area contributed by atoms with E-state index in [1.165, 1.54) is 18.4 Å². The molecule has 2 heterocycles. The topological polar surface area (TPSA) is 78.3 Å². The van der Waals surface area contributed by atoms with Gasteiger partial charge < -0.3 is 14.8 Å². The van der Waals surface area contributed by atoms with Gasteiger partial charge in [-0.1, -0.05) is 0 Å². The van der Waals surface area contributed by atoms with Crippen molar-refractivity contribution >= 4 is 28.1 Å². The first kappa shape index (κ1) is 14.5. The average molecular weight is 296 g/mol. The van der Waals surface area contributed by atoms with Gasteiger partial charge in [-0.2, -0.15) is 5.10 Å². The number of thiazole rings is 1. The van der Waals surface area contributed by atoms with Crippen molar-refractivity contribution in [2.45, 2.75) is 13.0 Å². The number of hydrogen-bond acceptors (Lipinski definition) is 7. The summed E-state index contributed by atoms with van der Waals surface area (Å²) in [5.41, 5.74) is 1.54. The highest BCUT2D eigenvalue weighted by molar-refractivity contribution is 7.13. The van der Waals surface area contributed by atoms with E-state index in [0.29, 0.717) is 18.8 Å². The Labute approximate surface area is 120 Å². The second kappa shape index (κ2) is 7.01. The summed E-state index contributed by atoms with van der Waals surface area (Å²) in [5.74, 6) is -0.297. The van der Waals surface area contributed by atoms with Gasteiger partial charge in [0.2, 0.25) is 0 Å².